The molecule has 2 amide bonds. The molecule has 1 unspecified atom stereocenters. The number of carboxylic acid groups (broad SMARTS) is 1. The van der Waals surface area contributed by atoms with E-state index in [2.05, 4.69) is 15.6 Å². The predicted octanol–water partition coefficient (Wildman–Crippen LogP) is 1.80. The Labute approximate surface area is 150 Å². The third-order valence-electron chi connectivity index (χ3n) is 3.52. The van der Waals surface area contributed by atoms with Crippen LogP contribution in [0.15, 0.2) is 30.5 Å². The van der Waals surface area contributed by atoms with E-state index in [-0.39, 0.29) is 13.0 Å². The number of fused-ring (bicyclic) bond motifs is 1. The van der Waals surface area contributed by atoms with E-state index < -0.39 is 29.6 Å². The maximum atomic E-state index is 12.0. The number of rotatable bonds is 6. The molecule has 0 saturated heterocycles. The molecule has 0 fully saturated rings. The van der Waals surface area contributed by atoms with Crippen molar-refractivity contribution in [3.8, 4) is 0 Å². The number of nitrogens with one attached hydrogen (secondary N) is 3. The molecule has 1 aromatic heterocycles. The lowest BCUT2D eigenvalue weighted by atomic mass is 10.1. The Hall–Kier alpha value is -3.03. The number of aromatic nitrogens is 1. The van der Waals surface area contributed by atoms with Crippen LogP contribution in [0.3, 0.4) is 0 Å². The summed E-state index contributed by atoms with van der Waals surface area (Å²) in [6, 6.07) is 6.39. The number of aromatic amines is 1. The molecule has 8 heteroatoms. The molecule has 0 saturated carbocycles. The summed E-state index contributed by atoms with van der Waals surface area (Å²) in [7, 11) is 0. The van der Waals surface area contributed by atoms with Gasteiger partial charge in [-0.25, -0.2) is 9.59 Å². The van der Waals surface area contributed by atoms with Crippen LogP contribution in [0.25, 0.3) is 10.9 Å². The van der Waals surface area contributed by atoms with Gasteiger partial charge < -0.3 is 25.5 Å². The number of aliphatic carboxylic acids is 1. The maximum Gasteiger partial charge on any atom is 0.408 e. The topological polar surface area (TPSA) is 121 Å². The second-order valence-electron chi connectivity index (χ2n) is 6.88. The summed E-state index contributed by atoms with van der Waals surface area (Å²) in [5.74, 6) is -1.76. The quantitative estimate of drug-likeness (QED) is 0.625. The van der Waals surface area contributed by atoms with Crippen molar-refractivity contribution < 1.29 is 24.2 Å². The van der Waals surface area contributed by atoms with Crippen LogP contribution in [0.4, 0.5) is 4.79 Å². The van der Waals surface area contributed by atoms with Gasteiger partial charge in [-0.05, 0) is 32.4 Å². The summed E-state index contributed by atoms with van der Waals surface area (Å²) in [6.45, 7) is 4.74. The molecule has 26 heavy (non-hydrogen) atoms. The van der Waals surface area contributed by atoms with Gasteiger partial charge in [-0.3, -0.25) is 4.79 Å². The second kappa shape index (κ2) is 7.90. The van der Waals surface area contributed by atoms with Crippen molar-refractivity contribution in [2.75, 3.05) is 6.54 Å². The highest BCUT2D eigenvalue weighted by Crippen LogP contribution is 2.19. The first kappa shape index (κ1) is 19.3. The first-order valence-electron chi connectivity index (χ1n) is 8.20. The first-order valence-corrected chi connectivity index (χ1v) is 8.20. The van der Waals surface area contributed by atoms with Crippen LogP contribution in [0, 0.1) is 0 Å². The summed E-state index contributed by atoms with van der Waals surface area (Å²) in [5.41, 5.74) is 0.998. The van der Waals surface area contributed by atoms with Crippen LogP contribution < -0.4 is 10.6 Å². The fourth-order valence-electron chi connectivity index (χ4n) is 2.43. The molecule has 1 atom stereocenters. The minimum Gasteiger partial charge on any atom is -0.480 e. The molecular weight excluding hydrogens is 338 g/mol. The molecule has 0 radical (unpaired) electrons. The Kier molecular flexibility index (Phi) is 5.86. The Morgan fingerprint density at radius 3 is 2.58 bits per heavy atom. The number of carbonyl (C=O) groups is 3. The number of hydrogen-bond acceptors (Lipinski definition) is 4. The van der Waals surface area contributed by atoms with Gasteiger partial charge in [-0.2, -0.15) is 0 Å². The van der Waals surface area contributed by atoms with Gasteiger partial charge in [0.05, 0.1) is 0 Å². The zero-order valence-corrected chi connectivity index (χ0v) is 15.0. The molecule has 140 valence electrons. The number of alkyl carbamates (subject to hydrolysis) is 1. The van der Waals surface area contributed by atoms with E-state index >= 15 is 0 Å². The fourth-order valence-corrected chi connectivity index (χ4v) is 2.43. The number of H-pyrrole nitrogens is 1. The predicted molar refractivity (Wildman–Crippen MR) is 95.8 cm³/mol. The van der Waals surface area contributed by atoms with Gasteiger partial charge in [0.2, 0.25) is 5.91 Å². The zero-order valence-electron chi connectivity index (χ0n) is 15.0. The molecule has 0 aliphatic rings. The summed E-state index contributed by atoms with van der Waals surface area (Å²) >= 11 is 0. The van der Waals surface area contributed by atoms with Crippen LogP contribution in [0.1, 0.15) is 26.3 Å². The van der Waals surface area contributed by atoms with Crippen molar-refractivity contribution in [2.45, 2.75) is 38.8 Å². The lowest BCUT2D eigenvalue weighted by molar-refractivity contribution is -0.141. The highest BCUT2D eigenvalue weighted by atomic mass is 16.6. The number of para-hydroxylation sites is 1. The van der Waals surface area contributed by atoms with Gasteiger partial charge in [0.25, 0.3) is 0 Å². The SMILES string of the molecule is CC(C)(C)OC(=O)NCC(=O)NC(Cc1c[nH]c2ccccc12)C(=O)O. The van der Waals surface area contributed by atoms with Crippen molar-refractivity contribution in [1.82, 2.24) is 15.6 Å². The van der Waals surface area contributed by atoms with Crippen molar-refractivity contribution in [3.05, 3.63) is 36.0 Å². The fraction of sp³-hybridized carbons (Fsp3) is 0.389. The van der Waals surface area contributed by atoms with Gasteiger partial charge in [-0.15, -0.1) is 0 Å². The average molecular weight is 361 g/mol. The Balaban J connectivity index is 1.94. The third-order valence-corrected chi connectivity index (χ3v) is 3.52. The van der Waals surface area contributed by atoms with Gasteiger partial charge in [0.15, 0.2) is 0 Å². The Morgan fingerprint density at radius 2 is 1.92 bits per heavy atom. The molecular formula is C18H23N3O5. The number of hydrogen-bond donors (Lipinski definition) is 4. The summed E-state index contributed by atoms with van der Waals surface area (Å²) in [5, 5.41) is 15.0. The van der Waals surface area contributed by atoms with Gasteiger partial charge in [0.1, 0.15) is 18.2 Å². The molecule has 0 spiro atoms. The van der Waals surface area contributed by atoms with Crippen LogP contribution in [-0.2, 0) is 20.7 Å². The van der Waals surface area contributed by atoms with E-state index in [4.69, 9.17) is 4.74 Å². The van der Waals surface area contributed by atoms with E-state index in [1.165, 1.54) is 0 Å². The van der Waals surface area contributed by atoms with Crippen LogP contribution in [0.5, 0.6) is 0 Å². The minimum atomic E-state index is -1.15. The third kappa shape index (κ3) is 5.51. The molecule has 2 aromatic rings. The van der Waals surface area contributed by atoms with E-state index in [1.807, 2.05) is 24.3 Å². The molecule has 8 nitrogen and oxygen atoms in total. The molecule has 0 aliphatic heterocycles. The largest absolute Gasteiger partial charge is 0.480 e. The van der Waals surface area contributed by atoms with Crippen LogP contribution in [-0.4, -0.2) is 46.2 Å². The van der Waals surface area contributed by atoms with Gasteiger partial charge >= 0.3 is 12.1 Å². The summed E-state index contributed by atoms with van der Waals surface area (Å²) in [4.78, 5) is 38.1. The lowest BCUT2D eigenvalue weighted by Gasteiger charge is -2.20. The van der Waals surface area contributed by atoms with E-state index in [1.54, 1.807) is 27.0 Å². The van der Waals surface area contributed by atoms with E-state index in [0.29, 0.717) is 0 Å². The van der Waals surface area contributed by atoms with Crippen molar-refractivity contribution >= 4 is 28.9 Å². The number of ether oxygens (including phenoxy) is 1. The Bertz CT molecular complexity index is 807. The van der Waals surface area contributed by atoms with Crippen LogP contribution in [0.2, 0.25) is 0 Å². The molecule has 1 heterocycles. The smallest absolute Gasteiger partial charge is 0.408 e. The highest BCUT2D eigenvalue weighted by Gasteiger charge is 2.23. The molecule has 0 aliphatic carbocycles. The molecule has 2 rings (SSSR count). The van der Waals surface area contributed by atoms with Crippen molar-refractivity contribution in [1.29, 1.82) is 0 Å². The summed E-state index contributed by atoms with van der Waals surface area (Å²) in [6.07, 6.45) is 1.11. The van der Waals surface area contributed by atoms with Crippen molar-refractivity contribution in [2.24, 2.45) is 0 Å². The first-order chi connectivity index (χ1) is 12.2. The number of benzene rings is 1. The number of amides is 2. The van der Waals surface area contributed by atoms with E-state index in [0.717, 1.165) is 16.5 Å². The lowest BCUT2D eigenvalue weighted by Crippen LogP contribution is -2.47. The zero-order chi connectivity index (χ0) is 19.3. The summed E-state index contributed by atoms with van der Waals surface area (Å²) < 4.78 is 5.02. The molecule has 1 aromatic carbocycles. The highest BCUT2D eigenvalue weighted by molar-refractivity contribution is 5.88. The van der Waals surface area contributed by atoms with Gasteiger partial charge in [0, 0.05) is 23.5 Å². The molecule has 0 bridgehead atoms. The average Bonchev–Trinajstić information content (AvgIpc) is 2.94. The van der Waals surface area contributed by atoms with Crippen molar-refractivity contribution in [3.63, 3.8) is 0 Å². The minimum absolute atomic E-state index is 0.123. The number of carbonyl (C=O) groups excluding carboxylic acids is 2. The van der Waals surface area contributed by atoms with E-state index in [9.17, 15) is 19.5 Å². The van der Waals surface area contributed by atoms with Gasteiger partial charge in [-0.1, -0.05) is 18.2 Å². The molecule has 4 N–H and O–H groups in total. The van der Waals surface area contributed by atoms with Crippen LogP contribution >= 0.6 is 0 Å². The standard InChI is InChI=1S/C18H23N3O5/c1-18(2,3)26-17(25)20-10-15(22)21-14(16(23)24)8-11-9-19-13-7-5-4-6-12(11)13/h4-7,9,14,19H,8,10H2,1-3H3,(H,20,25)(H,21,22)(H,23,24). The normalized spacial score (nSPS) is 12.4. The maximum absolute atomic E-state index is 12.0. The Morgan fingerprint density at radius 1 is 1.23 bits per heavy atom. The number of carboxylic acids is 1. The second-order valence-corrected chi connectivity index (χ2v) is 6.88. The monoisotopic (exact) mass is 361 g/mol.